The summed E-state index contributed by atoms with van der Waals surface area (Å²) in [5, 5.41) is 4.34. The molecule has 1 fully saturated rings. The van der Waals surface area contributed by atoms with Crippen LogP contribution in [0.3, 0.4) is 0 Å². The van der Waals surface area contributed by atoms with Crippen molar-refractivity contribution in [2.24, 2.45) is 0 Å². The number of hydrogen-bond donors (Lipinski definition) is 2. The molecule has 0 atom stereocenters. The fraction of sp³-hybridized carbons (Fsp3) is 0.471. The number of ether oxygens (including phenoxy) is 2. The Labute approximate surface area is 173 Å². The van der Waals surface area contributed by atoms with Crippen LogP contribution < -0.4 is 10.6 Å². The van der Waals surface area contributed by atoms with Crippen LogP contribution in [0.1, 0.15) is 23.2 Å². The molecular formula is C17H22ClN3O7S. The Morgan fingerprint density at radius 2 is 1.90 bits per heavy atom. The van der Waals surface area contributed by atoms with E-state index in [2.05, 4.69) is 5.32 Å². The molecule has 0 unspecified atom stereocenters. The summed E-state index contributed by atoms with van der Waals surface area (Å²) in [5.41, 5.74) is -0.0791. The van der Waals surface area contributed by atoms with E-state index in [-0.39, 0.29) is 28.6 Å². The van der Waals surface area contributed by atoms with E-state index in [0.29, 0.717) is 13.1 Å². The summed E-state index contributed by atoms with van der Waals surface area (Å²) in [4.78, 5) is 35.1. The second-order valence-corrected chi connectivity index (χ2v) is 8.44. The number of sulfonamides is 1. The highest BCUT2D eigenvalue weighted by Gasteiger charge is 2.30. The predicted octanol–water partition coefficient (Wildman–Crippen LogP) is 0.754. The standard InChI is InChI=1S/C17H22ClN3O7S/c1-27-9-6-19-17(24)20-15(22)11-28-16(23)12-4-5-13(18)14(10-12)29(25,26)21-7-2-3-8-21/h4-5,10H,2-3,6-9,11H2,1H3,(H2,19,20,22,24). The van der Waals surface area contributed by atoms with Crippen molar-refractivity contribution >= 4 is 39.5 Å². The SMILES string of the molecule is COCCNC(=O)NC(=O)COC(=O)c1ccc(Cl)c(S(=O)(=O)N2CCCC2)c1. The van der Waals surface area contributed by atoms with Crippen LogP contribution in [0.15, 0.2) is 23.1 Å². The number of esters is 1. The second kappa shape index (κ2) is 10.5. The highest BCUT2D eigenvalue weighted by Crippen LogP contribution is 2.28. The van der Waals surface area contributed by atoms with Gasteiger partial charge in [0.05, 0.1) is 17.2 Å². The van der Waals surface area contributed by atoms with Crippen molar-refractivity contribution < 1.29 is 32.3 Å². The molecule has 1 saturated heterocycles. The molecule has 0 spiro atoms. The van der Waals surface area contributed by atoms with Gasteiger partial charge in [-0.05, 0) is 31.0 Å². The van der Waals surface area contributed by atoms with E-state index in [9.17, 15) is 22.8 Å². The minimum absolute atomic E-state index is 0.0149. The lowest BCUT2D eigenvalue weighted by atomic mass is 10.2. The molecular weight excluding hydrogens is 426 g/mol. The van der Waals surface area contributed by atoms with Gasteiger partial charge in [-0.3, -0.25) is 10.1 Å². The van der Waals surface area contributed by atoms with E-state index in [0.717, 1.165) is 18.9 Å². The minimum atomic E-state index is -3.83. The van der Waals surface area contributed by atoms with Gasteiger partial charge in [0, 0.05) is 26.7 Å². The third kappa shape index (κ3) is 6.39. The number of methoxy groups -OCH3 is 1. The molecule has 3 amide bonds. The van der Waals surface area contributed by atoms with Crippen molar-refractivity contribution in [1.82, 2.24) is 14.9 Å². The Hall–Kier alpha value is -2.21. The molecule has 160 valence electrons. The number of hydrogen-bond acceptors (Lipinski definition) is 7. The number of halogens is 1. The van der Waals surface area contributed by atoms with Crippen molar-refractivity contribution in [3.05, 3.63) is 28.8 Å². The Balaban J connectivity index is 1.97. The maximum Gasteiger partial charge on any atom is 0.338 e. The lowest BCUT2D eigenvalue weighted by Crippen LogP contribution is -2.42. The smallest absolute Gasteiger partial charge is 0.338 e. The minimum Gasteiger partial charge on any atom is -0.452 e. The Kier molecular flexibility index (Phi) is 8.38. The normalized spacial score (nSPS) is 14.4. The highest BCUT2D eigenvalue weighted by molar-refractivity contribution is 7.89. The van der Waals surface area contributed by atoms with Gasteiger partial charge < -0.3 is 14.8 Å². The average Bonchev–Trinajstić information content (AvgIpc) is 3.22. The van der Waals surface area contributed by atoms with Gasteiger partial charge >= 0.3 is 12.0 Å². The summed E-state index contributed by atoms with van der Waals surface area (Å²) in [6.07, 6.45) is 1.51. The lowest BCUT2D eigenvalue weighted by Gasteiger charge is -2.17. The van der Waals surface area contributed by atoms with E-state index < -0.39 is 34.5 Å². The second-order valence-electron chi connectivity index (χ2n) is 6.13. The van der Waals surface area contributed by atoms with Crippen LogP contribution in [0.25, 0.3) is 0 Å². The first-order chi connectivity index (χ1) is 13.8. The quantitative estimate of drug-likeness (QED) is 0.444. The van der Waals surface area contributed by atoms with Crippen LogP contribution in [0.4, 0.5) is 4.79 Å². The summed E-state index contributed by atoms with van der Waals surface area (Å²) < 4.78 is 36.3. The van der Waals surface area contributed by atoms with E-state index in [1.165, 1.54) is 23.5 Å². The highest BCUT2D eigenvalue weighted by atomic mass is 35.5. The fourth-order valence-corrected chi connectivity index (χ4v) is 4.60. The number of carbonyl (C=O) groups excluding carboxylic acids is 3. The van der Waals surface area contributed by atoms with E-state index in [1.54, 1.807) is 0 Å². The van der Waals surface area contributed by atoms with Crippen molar-refractivity contribution in [2.45, 2.75) is 17.7 Å². The van der Waals surface area contributed by atoms with Crippen molar-refractivity contribution in [3.63, 3.8) is 0 Å². The zero-order chi connectivity index (χ0) is 21.4. The number of amides is 3. The summed E-state index contributed by atoms with van der Waals surface area (Å²) in [7, 11) is -2.37. The van der Waals surface area contributed by atoms with Crippen molar-refractivity contribution in [2.75, 3.05) is 40.0 Å². The summed E-state index contributed by atoms with van der Waals surface area (Å²) in [6.45, 7) is 0.539. The van der Waals surface area contributed by atoms with Crippen LogP contribution in [0.5, 0.6) is 0 Å². The number of rotatable bonds is 8. The number of nitrogens with zero attached hydrogens (tertiary/aromatic N) is 1. The van der Waals surface area contributed by atoms with Crippen LogP contribution >= 0.6 is 11.6 Å². The number of benzene rings is 1. The Bertz CT molecular complexity index is 870. The van der Waals surface area contributed by atoms with Gasteiger partial charge in [0.25, 0.3) is 5.91 Å². The zero-order valence-electron chi connectivity index (χ0n) is 15.8. The van der Waals surface area contributed by atoms with E-state index in [4.69, 9.17) is 21.1 Å². The zero-order valence-corrected chi connectivity index (χ0v) is 17.3. The molecule has 12 heteroatoms. The first-order valence-corrected chi connectivity index (χ1v) is 10.6. The molecule has 1 aromatic carbocycles. The molecule has 1 heterocycles. The molecule has 0 bridgehead atoms. The predicted molar refractivity (Wildman–Crippen MR) is 103 cm³/mol. The monoisotopic (exact) mass is 447 g/mol. The molecule has 10 nitrogen and oxygen atoms in total. The molecule has 2 N–H and O–H groups in total. The van der Waals surface area contributed by atoms with Gasteiger partial charge in [0.1, 0.15) is 4.90 Å². The van der Waals surface area contributed by atoms with Gasteiger partial charge in [-0.15, -0.1) is 0 Å². The average molecular weight is 448 g/mol. The molecule has 2 rings (SSSR count). The first kappa shape index (κ1) is 23.1. The maximum atomic E-state index is 12.7. The van der Waals surface area contributed by atoms with Gasteiger partial charge in [0.2, 0.25) is 10.0 Å². The Morgan fingerprint density at radius 1 is 1.21 bits per heavy atom. The van der Waals surface area contributed by atoms with Crippen molar-refractivity contribution in [1.29, 1.82) is 0 Å². The van der Waals surface area contributed by atoms with Crippen LogP contribution in [0.2, 0.25) is 5.02 Å². The fourth-order valence-electron chi connectivity index (χ4n) is 2.58. The lowest BCUT2D eigenvalue weighted by molar-refractivity contribution is -0.123. The summed E-state index contributed by atoms with van der Waals surface area (Å²) in [6, 6.07) is 2.94. The Morgan fingerprint density at radius 3 is 2.55 bits per heavy atom. The number of nitrogens with one attached hydrogen (secondary N) is 2. The summed E-state index contributed by atoms with van der Waals surface area (Å²) >= 11 is 6.03. The molecule has 1 aliphatic rings. The third-order valence-electron chi connectivity index (χ3n) is 4.03. The van der Waals surface area contributed by atoms with Crippen LogP contribution in [-0.2, 0) is 24.3 Å². The molecule has 29 heavy (non-hydrogen) atoms. The first-order valence-electron chi connectivity index (χ1n) is 8.79. The molecule has 0 aromatic heterocycles. The van der Waals surface area contributed by atoms with Crippen LogP contribution in [0, 0.1) is 0 Å². The van der Waals surface area contributed by atoms with Gasteiger partial charge in [0.15, 0.2) is 6.61 Å². The molecule has 1 aliphatic heterocycles. The van der Waals surface area contributed by atoms with E-state index >= 15 is 0 Å². The number of carbonyl (C=O) groups is 3. The number of urea groups is 1. The van der Waals surface area contributed by atoms with Crippen molar-refractivity contribution in [3.8, 4) is 0 Å². The molecule has 1 aromatic rings. The topological polar surface area (TPSA) is 131 Å². The molecule has 0 radical (unpaired) electrons. The maximum absolute atomic E-state index is 12.7. The third-order valence-corrected chi connectivity index (χ3v) is 6.41. The van der Waals surface area contributed by atoms with Gasteiger partial charge in [-0.25, -0.2) is 18.0 Å². The summed E-state index contributed by atoms with van der Waals surface area (Å²) in [5.74, 6) is -1.76. The van der Waals surface area contributed by atoms with Gasteiger partial charge in [-0.2, -0.15) is 4.31 Å². The largest absolute Gasteiger partial charge is 0.452 e. The van der Waals surface area contributed by atoms with E-state index in [1.807, 2.05) is 5.32 Å². The van der Waals surface area contributed by atoms with Crippen LogP contribution in [-0.4, -0.2) is 70.6 Å². The molecule has 0 aliphatic carbocycles. The molecule has 0 saturated carbocycles. The van der Waals surface area contributed by atoms with Gasteiger partial charge in [-0.1, -0.05) is 11.6 Å². The number of imide groups is 1.